The maximum absolute atomic E-state index is 12.1. The van der Waals surface area contributed by atoms with Crippen molar-refractivity contribution in [3.63, 3.8) is 0 Å². The van der Waals surface area contributed by atoms with E-state index in [4.69, 9.17) is 0 Å². The third-order valence-corrected chi connectivity index (χ3v) is 5.45. The van der Waals surface area contributed by atoms with Gasteiger partial charge in [-0.3, -0.25) is 4.79 Å². The third-order valence-electron chi connectivity index (χ3n) is 5.45. The highest BCUT2D eigenvalue weighted by molar-refractivity contribution is 5.99. The Bertz CT molecular complexity index is 874. The number of aryl methyl sites for hydroxylation is 1. The molecule has 1 aromatic carbocycles. The number of allylic oxidation sites excluding steroid dienone is 9. The number of amides is 1. The van der Waals surface area contributed by atoms with Crippen molar-refractivity contribution in [2.24, 2.45) is 5.41 Å². The van der Waals surface area contributed by atoms with Gasteiger partial charge in [0.05, 0.1) is 0 Å². The molecule has 1 aliphatic rings. The normalized spacial score (nSPS) is 18.0. The van der Waals surface area contributed by atoms with Gasteiger partial charge >= 0.3 is 0 Å². The molecule has 1 aromatic rings. The first-order valence-corrected chi connectivity index (χ1v) is 10.5. The molecule has 1 aliphatic carbocycles. The molecule has 0 aromatic heterocycles. The minimum Gasteiger partial charge on any atom is -0.323 e. The van der Waals surface area contributed by atoms with Gasteiger partial charge in [0.1, 0.15) is 0 Å². The van der Waals surface area contributed by atoms with Crippen LogP contribution in [0.4, 0.5) is 5.69 Å². The molecular formula is C27H35NO. The summed E-state index contributed by atoms with van der Waals surface area (Å²) in [6.45, 7) is 13.0. The average molecular weight is 390 g/mol. The zero-order valence-electron chi connectivity index (χ0n) is 18.8. The van der Waals surface area contributed by atoms with Crippen molar-refractivity contribution in [3.05, 3.63) is 88.6 Å². The molecule has 0 saturated carbocycles. The minimum absolute atomic E-state index is 0.112. The van der Waals surface area contributed by atoms with Crippen LogP contribution < -0.4 is 5.32 Å². The molecule has 2 nitrogen and oxygen atoms in total. The van der Waals surface area contributed by atoms with Gasteiger partial charge < -0.3 is 5.32 Å². The summed E-state index contributed by atoms with van der Waals surface area (Å²) in [5.41, 5.74) is 7.34. The predicted octanol–water partition coefficient (Wildman–Crippen LogP) is 7.47. The van der Waals surface area contributed by atoms with E-state index in [1.54, 1.807) is 6.08 Å². The Morgan fingerprint density at radius 2 is 1.72 bits per heavy atom. The molecule has 0 heterocycles. The summed E-state index contributed by atoms with van der Waals surface area (Å²) in [7, 11) is 0. The Balaban J connectivity index is 1.95. The van der Waals surface area contributed by atoms with Crippen molar-refractivity contribution in [2.45, 2.75) is 60.8 Å². The van der Waals surface area contributed by atoms with Gasteiger partial charge in [0.25, 0.3) is 0 Å². The second kappa shape index (κ2) is 10.2. The van der Waals surface area contributed by atoms with Crippen molar-refractivity contribution in [2.75, 3.05) is 5.32 Å². The highest BCUT2D eigenvalue weighted by atomic mass is 16.1. The number of carbonyl (C=O) groups is 1. The molecule has 1 amide bonds. The number of hydrogen-bond donors (Lipinski definition) is 1. The van der Waals surface area contributed by atoms with Gasteiger partial charge in [-0.05, 0) is 75.7 Å². The zero-order chi connectivity index (χ0) is 21.4. The van der Waals surface area contributed by atoms with Crippen LogP contribution in [0.3, 0.4) is 0 Å². The van der Waals surface area contributed by atoms with Crippen LogP contribution in [0.1, 0.15) is 59.4 Å². The molecule has 0 spiro atoms. The van der Waals surface area contributed by atoms with E-state index in [2.05, 4.69) is 51.2 Å². The summed E-state index contributed by atoms with van der Waals surface area (Å²) in [6, 6.07) is 7.79. The summed E-state index contributed by atoms with van der Waals surface area (Å²) in [5.74, 6) is -0.112. The van der Waals surface area contributed by atoms with Gasteiger partial charge in [-0.1, -0.05) is 73.1 Å². The standard InChI is InChI=1S/C27H35NO/c1-20(14-17-25-23(4)11-8-18-27(25,5)6)9-7-10-22(3)19-26(29)28-24-15-12-21(2)13-16-24/h7,9-10,12-17,19H,8,11,18H2,1-6H3,(H,28,29). The second-order valence-corrected chi connectivity index (χ2v) is 8.78. The van der Waals surface area contributed by atoms with E-state index in [1.165, 1.54) is 41.5 Å². The summed E-state index contributed by atoms with van der Waals surface area (Å²) in [5, 5.41) is 2.89. The zero-order valence-corrected chi connectivity index (χ0v) is 18.8. The molecule has 29 heavy (non-hydrogen) atoms. The number of hydrogen-bond acceptors (Lipinski definition) is 1. The lowest BCUT2D eigenvalue weighted by atomic mass is 9.72. The number of benzene rings is 1. The molecule has 154 valence electrons. The SMILES string of the molecule is CC(C=CC1=C(C)CCCC1(C)C)=CC=CC(C)=CC(=O)Nc1ccc(C)cc1. The van der Waals surface area contributed by atoms with Crippen LogP contribution in [-0.2, 0) is 4.79 Å². The maximum Gasteiger partial charge on any atom is 0.248 e. The Kier molecular flexibility index (Phi) is 8.01. The summed E-state index contributed by atoms with van der Waals surface area (Å²) >= 11 is 0. The van der Waals surface area contributed by atoms with Gasteiger partial charge in [-0.2, -0.15) is 0 Å². The fourth-order valence-corrected chi connectivity index (χ4v) is 3.70. The molecule has 0 radical (unpaired) electrons. The van der Waals surface area contributed by atoms with Gasteiger partial charge in [-0.25, -0.2) is 0 Å². The van der Waals surface area contributed by atoms with Crippen molar-refractivity contribution in [1.29, 1.82) is 0 Å². The summed E-state index contributed by atoms with van der Waals surface area (Å²) < 4.78 is 0. The van der Waals surface area contributed by atoms with E-state index in [9.17, 15) is 4.79 Å². The topological polar surface area (TPSA) is 29.1 Å². The first-order valence-electron chi connectivity index (χ1n) is 10.5. The fraction of sp³-hybridized carbons (Fsp3) is 0.370. The van der Waals surface area contributed by atoms with E-state index in [-0.39, 0.29) is 11.3 Å². The van der Waals surface area contributed by atoms with E-state index < -0.39 is 0 Å². The molecule has 1 N–H and O–H groups in total. The van der Waals surface area contributed by atoms with Crippen LogP contribution in [0.5, 0.6) is 0 Å². The lowest BCUT2D eigenvalue weighted by Gasteiger charge is -2.32. The van der Waals surface area contributed by atoms with Crippen molar-refractivity contribution in [1.82, 2.24) is 0 Å². The lowest BCUT2D eigenvalue weighted by molar-refractivity contribution is -0.111. The number of nitrogens with one attached hydrogen (secondary N) is 1. The molecular weight excluding hydrogens is 354 g/mol. The quantitative estimate of drug-likeness (QED) is 0.397. The monoisotopic (exact) mass is 389 g/mol. The van der Waals surface area contributed by atoms with Crippen molar-refractivity contribution in [3.8, 4) is 0 Å². The minimum atomic E-state index is -0.112. The van der Waals surface area contributed by atoms with Crippen LogP contribution in [-0.4, -0.2) is 5.91 Å². The van der Waals surface area contributed by atoms with Crippen LogP contribution in [0.15, 0.2) is 83.0 Å². The third kappa shape index (κ3) is 7.38. The molecule has 0 fully saturated rings. The Hall–Kier alpha value is -2.61. The molecule has 2 heteroatoms. The van der Waals surface area contributed by atoms with Gasteiger partial charge in [-0.15, -0.1) is 0 Å². The Morgan fingerprint density at radius 3 is 2.38 bits per heavy atom. The number of rotatable bonds is 6. The van der Waals surface area contributed by atoms with Crippen LogP contribution in [0, 0.1) is 12.3 Å². The van der Waals surface area contributed by atoms with E-state index in [1.807, 2.05) is 50.3 Å². The number of carbonyl (C=O) groups excluding carboxylic acids is 1. The van der Waals surface area contributed by atoms with Crippen LogP contribution >= 0.6 is 0 Å². The number of anilines is 1. The molecule has 0 saturated heterocycles. The first kappa shape index (κ1) is 22.7. The Labute approximate surface area is 176 Å². The average Bonchev–Trinajstić information content (AvgIpc) is 2.62. The molecule has 0 aliphatic heterocycles. The van der Waals surface area contributed by atoms with E-state index in [0.717, 1.165) is 11.3 Å². The van der Waals surface area contributed by atoms with Gasteiger partial charge in [0, 0.05) is 11.8 Å². The van der Waals surface area contributed by atoms with Crippen molar-refractivity contribution < 1.29 is 4.79 Å². The van der Waals surface area contributed by atoms with Gasteiger partial charge in [0.15, 0.2) is 0 Å². The van der Waals surface area contributed by atoms with Crippen LogP contribution in [0.25, 0.3) is 0 Å². The molecule has 2 rings (SSSR count). The molecule has 0 atom stereocenters. The van der Waals surface area contributed by atoms with Gasteiger partial charge in [0.2, 0.25) is 5.91 Å². The van der Waals surface area contributed by atoms with Crippen molar-refractivity contribution >= 4 is 11.6 Å². The summed E-state index contributed by atoms with van der Waals surface area (Å²) in [6.07, 6.45) is 15.9. The fourth-order valence-electron chi connectivity index (χ4n) is 3.70. The predicted molar refractivity (Wildman–Crippen MR) is 126 cm³/mol. The molecule has 0 unspecified atom stereocenters. The highest BCUT2D eigenvalue weighted by Crippen LogP contribution is 2.40. The van der Waals surface area contributed by atoms with E-state index in [0.29, 0.717) is 0 Å². The second-order valence-electron chi connectivity index (χ2n) is 8.78. The van der Waals surface area contributed by atoms with E-state index >= 15 is 0 Å². The Morgan fingerprint density at radius 1 is 1.03 bits per heavy atom. The highest BCUT2D eigenvalue weighted by Gasteiger charge is 2.26. The first-order chi connectivity index (χ1) is 13.7. The lowest BCUT2D eigenvalue weighted by Crippen LogP contribution is -2.19. The van der Waals surface area contributed by atoms with Crippen LogP contribution in [0.2, 0.25) is 0 Å². The smallest absolute Gasteiger partial charge is 0.248 e. The summed E-state index contributed by atoms with van der Waals surface area (Å²) in [4.78, 5) is 12.1. The maximum atomic E-state index is 12.1. The molecule has 0 bridgehead atoms. The largest absolute Gasteiger partial charge is 0.323 e.